The van der Waals surface area contributed by atoms with Gasteiger partial charge >= 0.3 is 0 Å². The highest BCUT2D eigenvalue weighted by Gasteiger charge is 2.24. The van der Waals surface area contributed by atoms with Crippen molar-refractivity contribution in [3.8, 4) is 0 Å². The summed E-state index contributed by atoms with van der Waals surface area (Å²) in [4.78, 5) is 2.50. The fraction of sp³-hybridized carbons (Fsp3) is 0.391. The van der Waals surface area contributed by atoms with Crippen LogP contribution in [0.15, 0.2) is 60.7 Å². The third kappa shape index (κ3) is 3.96. The molecule has 0 bridgehead atoms. The zero-order valence-electron chi connectivity index (χ0n) is 15.0. The van der Waals surface area contributed by atoms with E-state index in [0.717, 1.165) is 26.1 Å². The van der Waals surface area contributed by atoms with Crippen molar-refractivity contribution in [2.24, 2.45) is 5.92 Å². The van der Waals surface area contributed by atoms with Gasteiger partial charge in [0.1, 0.15) is 0 Å². The Kier molecular flexibility index (Phi) is 5.87. The third-order valence-corrected chi connectivity index (χ3v) is 5.30. The molecule has 0 heterocycles. The molecule has 0 aliphatic heterocycles. The largest absolute Gasteiger partial charge is 0.304 e. The summed E-state index contributed by atoms with van der Waals surface area (Å²) in [5.41, 5.74) is 6.01. The lowest BCUT2D eigenvalue weighted by Crippen LogP contribution is -2.23. The number of allylic oxidation sites excluding steroid dienone is 1. The van der Waals surface area contributed by atoms with Gasteiger partial charge in [0.05, 0.1) is 0 Å². The van der Waals surface area contributed by atoms with E-state index in [4.69, 9.17) is 0 Å². The molecule has 1 aliphatic carbocycles. The fourth-order valence-electron chi connectivity index (χ4n) is 3.87. The van der Waals surface area contributed by atoms with Crippen LogP contribution in [0.1, 0.15) is 37.0 Å². The highest BCUT2D eigenvalue weighted by atomic mass is 15.1. The minimum Gasteiger partial charge on any atom is -0.304 e. The second-order valence-corrected chi connectivity index (χ2v) is 6.71. The predicted octanol–water partition coefficient (Wildman–Crippen LogP) is 5.22. The lowest BCUT2D eigenvalue weighted by molar-refractivity contribution is 0.310. The molecule has 0 atom stereocenters. The highest BCUT2D eigenvalue weighted by Crippen LogP contribution is 2.36. The van der Waals surface area contributed by atoms with Gasteiger partial charge in [-0.2, -0.15) is 0 Å². The molecule has 3 rings (SSSR count). The van der Waals surface area contributed by atoms with Crippen molar-refractivity contribution < 1.29 is 0 Å². The summed E-state index contributed by atoms with van der Waals surface area (Å²) in [7, 11) is 0. The van der Waals surface area contributed by atoms with Crippen LogP contribution in [0.25, 0.3) is 5.57 Å². The van der Waals surface area contributed by atoms with Gasteiger partial charge in [-0.15, -0.1) is 0 Å². The van der Waals surface area contributed by atoms with Crippen LogP contribution in [0, 0.1) is 5.92 Å². The summed E-state index contributed by atoms with van der Waals surface area (Å²) < 4.78 is 0. The Labute approximate surface area is 147 Å². The van der Waals surface area contributed by atoms with Gasteiger partial charge in [0, 0.05) is 6.54 Å². The number of rotatable bonds is 7. The van der Waals surface area contributed by atoms with Crippen molar-refractivity contribution in [3.05, 3.63) is 77.4 Å². The lowest BCUT2D eigenvalue weighted by Gasteiger charge is -2.19. The monoisotopic (exact) mass is 319 g/mol. The molecule has 1 aliphatic rings. The average Bonchev–Trinajstić information content (AvgIpc) is 3.06. The summed E-state index contributed by atoms with van der Waals surface area (Å²) in [5.74, 6) is 0.626. The zero-order valence-corrected chi connectivity index (χ0v) is 15.0. The van der Waals surface area contributed by atoms with Crippen LogP contribution in [0.4, 0.5) is 0 Å². The molecule has 0 saturated heterocycles. The Bertz CT molecular complexity index is 642. The first-order valence-corrected chi connectivity index (χ1v) is 9.36. The number of hydrogen-bond acceptors (Lipinski definition) is 1. The highest BCUT2D eigenvalue weighted by molar-refractivity contribution is 5.69. The Hall–Kier alpha value is -1.86. The van der Waals surface area contributed by atoms with Gasteiger partial charge in [-0.3, -0.25) is 0 Å². The quantitative estimate of drug-likeness (QED) is 0.676. The maximum atomic E-state index is 2.50. The molecule has 1 nitrogen and oxygen atoms in total. The van der Waals surface area contributed by atoms with E-state index in [9.17, 15) is 0 Å². The minimum absolute atomic E-state index is 0.626. The van der Waals surface area contributed by atoms with Crippen LogP contribution in [-0.2, 0) is 12.8 Å². The number of fused-ring (bicyclic) bond motifs is 1. The molecule has 126 valence electrons. The van der Waals surface area contributed by atoms with Crippen LogP contribution in [-0.4, -0.2) is 24.5 Å². The van der Waals surface area contributed by atoms with Crippen LogP contribution < -0.4 is 0 Å². The minimum atomic E-state index is 0.626. The predicted molar refractivity (Wildman–Crippen MR) is 104 cm³/mol. The first-order chi connectivity index (χ1) is 11.8. The van der Waals surface area contributed by atoms with E-state index in [0.29, 0.717) is 5.92 Å². The van der Waals surface area contributed by atoms with Crippen molar-refractivity contribution in [2.75, 3.05) is 19.6 Å². The summed E-state index contributed by atoms with van der Waals surface area (Å²) in [5, 5.41) is 0. The van der Waals surface area contributed by atoms with Gasteiger partial charge in [-0.1, -0.05) is 74.5 Å². The van der Waals surface area contributed by atoms with Crippen molar-refractivity contribution in [2.45, 2.75) is 33.1 Å². The summed E-state index contributed by atoms with van der Waals surface area (Å²) in [6.07, 6.45) is 6.01. The molecule has 2 aromatic rings. The van der Waals surface area contributed by atoms with Gasteiger partial charge in [-0.25, -0.2) is 0 Å². The van der Waals surface area contributed by atoms with E-state index in [1.807, 2.05) is 0 Å². The smallest absolute Gasteiger partial charge is 0.00159 e. The Balaban J connectivity index is 1.79. The number of benzene rings is 2. The maximum Gasteiger partial charge on any atom is 0.00159 e. The molecule has 2 aromatic carbocycles. The molecule has 0 amide bonds. The Morgan fingerprint density at radius 1 is 0.917 bits per heavy atom. The molecular formula is C23H29N. The van der Waals surface area contributed by atoms with Gasteiger partial charge in [0.2, 0.25) is 0 Å². The molecule has 0 aromatic heterocycles. The first kappa shape index (κ1) is 17.0. The third-order valence-electron chi connectivity index (χ3n) is 5.30. The van der Waals surface area contributed by atoms with Gasteiger partial charge < -0.3 is 4.90 Å². The molecule has 0 N–H and O–H groups in total. The van der Waals surface area contributed by atoms with Crippen LogP contribution in [0.3, 0.4) is 0 Å². The van der Waals surface area contributed by atoms with E-state index < -0.39 is 0 Å². The van der Waals surface area contributed by atoms with E-state index in [-0.39, 0.29) is 0 Å². The molecule has 24 heavy (non-hydrogen) atoms. The summed E-state index contributed by atoms with van der Waals surface area (Å²) >= 11 is 0. The van der Waals surface area contributed by atoms with Gasteiger partial charge in [0.25, 0.3) is 0 Å². The molecule has 0 radical (unpaired) electrons. The van der Waals surface area contributed by atoms with Crippen molar-refractivity contribution in [1.82, 2.24) is 4.90 Å². The number of nitrogens with zero attached hydrogens (tertiary/aromatic N) is 1. The molecular weight excluding hydrogens is 290 g/mol. The SMILES string of the molecule is CCN(CC)CC/C=C(/c1ccccc1)C1Cc2ccccc2C1. The van der Waals surface area contributed by atoms with Crippen LogP contribution in [0.5, 0.6) is 0 Å². The zero-order chi connectivity index (χ0) is 16.8. The van der Waals surface area contributed by atoms with E-state index in [1.54, 1.807) is 5.57 Å². The lowest BCUT2D eigenvalue weighted by atomic mass is 9.89. The molecule has 0 spiro atoms. The van der Waals surface area contributed by atoms with E-state index in [1.165, 1.54) is 29.5 Å². The van der Waals surface area contributed by atoms with Crippen LogP contribution in [0.2, 0.25) is 0 Å². The standard InChI is InChI=1S/C23H29N/c1-3-24(4-2)16-10-15-23(19-11-6-5-7-12-19)22-17-20-13-8-9-14-21(20)18-22/h5-9,11-15,22H,3-4,10,16-18H2,1-2H3/b23-15-. The fourth-order valence-corrected chi connectivity index (χ4v) is 3.87. The van der Waals surface area contributed by atoms with E-state index >= 15 is 0 Å². The normalized spacial score (nSPS) is 15.0. The average molecular weight is 319 g/mol. The van der Waals surface area contributed by atoms with Crippen LogP contribution >= 0.6 is 0 Å². The van der Waals surface area contributed by atoms with Crippen molar-refractivity contribution in [1.29, 1.82) is 0 Å². The molecule has 0 unspecified atom stereocenters. The Morgan fingerprint density at radius 3 is 2.08 bits per heavy atom. The van der Waals surface area contributed by atoms with Gasteiger partial charge in [0.15, 0.2) is 0 Å². The second kappa shape index (κ2) is 8.30. The van der Waals surface area contributed by atoms with E-state index in [2.05, 4.69) is 79.4 Å². The Morgan fingerprint density at radius 2 is 1.50 bits per heavy atom. The van der Waals surface area contributed by atoms with Crippen molar-refractivity contribution in [3.63, 3.8) is 0 Å². The summed E-state index contributed by atoms with van der Waals surface area (Å²) in [6.45, 7) is 7.93. The molecule has 0 saturated carbocycles. The molecule has 1 heteroatoms. The van der Waals surface area contributed by atoms with Gasteiger partial charge in [-0.05, 0) is 60.5 Å². The maximum absolute atomic E-state index is 2.50. The van der Waals surface area contributed by atoms with Crippen molar-refractivity contribution >= 4 is 5.57 Å². The molecule has 0 fully saturated rings. The first-order valence-electron chi connectivity index (χ1n) is 9.36. The topological polar surface area (TPSA) is 3.24 Å². The number of hydrogen-bond donors (Lipinski definition) is 0. The summed E-state index contributed by atoms with van der Waals surface area (Å²) in [6, 6.07) is 19.9. The second-order valence-electron chi connectivity index (χ2n) is 6.71.